The van der Waals surface area contributed by atoms with Crippen molar-refractivity contribution >= 4 is 38.6 Å². The maximum Gasteiger partial charge on any atom is 0.262 e. The third-order valence-electron chi connectivity index (χ3n) is 4.60. The molecule has 0 spiro atoms. The van der Waals surface area contributed by atoms with Gasteiger partial charge in [0, 0.05) is 23.0 Å². The third kappa shape index (κ3) is 4.74. The fourth-order valence-corrected chi connectivity index (χ4v) is 4.41. The maximum absolute atomic E-state index is 12.8. The highest BCUT2D eigenvalue weighted by Crippen LogP contribution is 2.24. The van der Waals surface area contributed by atoms with Crippen LogP contribution < -0.4 is 10.3 Å². The Morgan fingerprint density at radius 2 is 1.93 bits per heavy atom. The molecule has 0 N–H and O–H groups in total. The van der Waals surface area contributed by atoms with Crippen molar-refractivity contribution in [2.75, 3.05) is 0 Å². The van der Waals surface area contributed by atoms with Crippen LogP contribution in [0.2, 0.25) is 0 Å². The summed E-state index contributed by atoms with van der Waals surface area (Å²) in [5.41, 5.74) is 2.74. The molecule has 0 radical (unpaired) electrons. The molecule has 7 heteroatoms. The number of halogens is 1. The second-order valence-electron chi connectivity index (χ2n) is 6.65. The minimum Gasteiger partial charge on any atom is -0.487 e. The first kappa shape index (κ1) is 20.6. The van der Waals surface area contributed by atoms with E-state index in [9.17, 15) is 4.79 Å². The molecule has 4 rings (SSSR count). The van der Waals surface area contributed by atoms with E-state index in [0.717, 1.165) is 32.4 Å². The van der Waals surface area contributed by atoms with Crippen LogP contribution in [0.5, 0.6) is 5.75 Å². The molecule has 0 saturated heterocycles. The lowest BCUT2D eigenvalue weighted by atomic mass is 10.2. The number of rotatable bonds is 7. The number of pyridine rings is 1. The van der Waals surface area contributed by atoms with Crippen molar-refractivity contribution in [1.29, 1.82) is 0 Å². The molecule has 2 heterocycles. The van der Waals surface area contributed by atoms with Crippen LogP contribution in [-0.2, 0) is 18.9 Å². The van der Waals surface area contributed by atoms with E-state index in [1.54, 1.807) is 22.5 Å². The third-order valence-corrected chi connectivity index (χ3v) is 6.14. The Morgan fingerprint density at radius 3 is 2.67 bits per heavy atom. The first-order valence-corrected chi connectivity index (χ1v) is 11.4. The van der Waals surface area contributed by atoms with Crippen LogP contribution in [0.4, 0.5) is 0 Å². The van der Waals surface area contributed by atoms with Gasteiger partial charge in [-0.1, -0.05) is 45.9 Å². The molecule has 0 amide bonds. The van der Waals surface area contributed by atoms with Crippen LogP contribution in [0.3, 0.4) is 0 Å². The summed E-state index contributed by atoms with van der Waals surface area (Å²) < 4.78 is 8.39. The quantitative estimate of drug-likeness (QED) is 0.259. The van der Waals surface area contributed by atoms with Crippen molar-refractivity contribution in [1.82, 2.24) is 14.5 Å². The van der Waals surface area contributed by atoms with E-state index in [2.05, 4.69) is 20.9 Å². The van der Waals surface area contributed by atoms with Crippen molar-refractivity contribution < 1.29 is 4.74 Å². The van der Waals surface area contributed by atoms with E-state index in [0.29, 0.717) is 24.1 Å². The Balaban J connectivity index is 1.46. The standard InChI is InChI=1S/C23H20BrN3O2S/c1-2-27-22(28)20-13-17(24)8-11-21(20)26-23(27)30-15-16-6-9-19(10-7-16)29-14-18-5-3-4-12-25-18/h3-13H,2,14-15H2,1H3. The van der Waals surface area contributed by atoms with Crippen molar-refractivity contribution in [3.8, 4) is 5.75 Å². The topological polar surface area (TPSA) is 57.0 Å². The van der Waals surface area contributed by atoms with Crippen molar-refractivity contribution in [2.24, 2.45) is 0 Å². The van der Waals surface area contributed by atoms with Crippen LogP contribution in [0.15, 0.2) is 81.3 Å². The first-order valence-electron chi connectivity index (χ1n) is 9.58. The number of thioether (sulfide) groups is 1. The predicted octanol–water partition coefficient (Wildman–Crippen LogP) is 5.45. The molecule has 0 atom stereocenters. The van der Waals surface area contributed by atoms with Gasteiger partial charge in [-0.05, 0) is 55.0 Å². The molecule has 0 fully saturated rings. The summed E-state index contributed by atoms with van der Waals surface area (Å²) in [4.78, 5) is 21.8. The second-order valence-corrected chi connectivity index (χ2v) is 8.51. The summed E-state index contributed by atoms with van der Waals surface area (Å²) in [5, 5.41) is 1.36. The lowest BCUT2D eigenvalue weighted by molar-refractivity contribution is 0.301. The molecule has 0 aliphatic carbocycles. The molecule has 0 aliphatic heterocycles. The summed E-state index contributed by atoms with van der Waals surface area (Å²) in [5.74, 6) is 1.52. The summed E-state index contributed by atoms with van der Waals surface area (Å²) in [6, 6.07) is 19.4. The highest BCUT2D eigenvalue weighted by molar-refractivity contribution is 9.10. The van der Waals surface area contributed by atoms with Gasteiger partial charge in [0.2, 0.25) is 0 Å². The number of aromatic nitrogens is 3. The zero-order chi connectivity index (χ0) is 20.9. The number of hydrogen-bond acceptors (Lipinski definition) is 5. The molecule has 0 bridgehead atoms. The number of fused-ring (bicyclic) bond motifs is 1. The average molecular weight is 482 g/mol. The second kappa shape index (κ2) is 9.45. The number of hydrogen-bond donors (Lipinski definition) is 0. The molecular formula is C23H20BrN3O2S. The van der Waals surface area contributed by atoms with Crippen molar-refractivity contribution in [3.63, 3.8) is 0 Å². The van der Waals surface area contributed by atoms with Crippen LogP contribution in [0.1, 0.15) is 18.2 Å². The van der Waals surface area contributed by atoms with Gasteiger partial charge in [0.15, 0.2) is 5.16 Å². The highest BCUT2D eigenvalue weighted by Gasteiger charge is 2.11. The van der Waals surface area contributed by atoms with Gasteiger partial charge in [0.25, 0.3) is 5.56 Å². The van der Waals surface area contributed by atoms with Crippen molar-refractivity contribution in [3.05, 3.63) is 92.9 Å². The van der Waals surface area contributed by atoms with Gasteiger partial charge in [-0.15, -0.1) is 0 Å². The summed E-state index contributed by atoms with van der Waals surface area (Å²) in [7, 11) is 0. The van der Waals surface area contributed by atoms with Crippen molar-refractivity contribution in [2.45, 2.75) is 31.0 Å². The smallest absolute Gasteiger partial charge is 0.262 e. The zero-order valence-electron chi connectivity index (χ0n) is 16.4. The Kier molecular flexibility index (Phi) is 6.50. The molecule has 0 saturated carbocycles. The highest BCUT2D eigenvalue weighted by atomic mass is 79.9. The Morgan fingerprint density at radius 1 is 1.10 bits per heavy atom. The maximum atomic E-state index is 12.8. The molecule has 4 aromatic rings. The van der Waals surface area contributed by atoms with Gasteiger partial charge in [-0.2, -0.15) is 0 Å². The van der Waals surface area contributed by atoms with Crippen LogP contribution in [0, 0.1) is 0 Å². The minimum atomic E-state index is -0.00966. The Hall–Kier alpha value is -2.64. The van der Waals surface area contributed by atoms with Crippen LogP contribution in [0.25, 0.3) is 10.9 Å². The summed E-state index contributed by atoms with van der Waals surface area (Å²) >= 11 is 4.99. The largest absolute Gasteiger partial charge is 0.487 e. The summed E-state index contributed by atoms with van der Waals surface area (Å²) in [6.45, 7) is 2.98. The molecular weight excluding hydrogens is 462 g/mol. The van der Waals surface area contributed by atoms with E-state index >= 15 is 0 Å². The van der Waals surface area contributed by atoms with E-state index in [1.165, 1.54) is 0 Å². The van der Waals surface area contributed by atoms with E-state index in [1.807, 2.05) is 67.6 Å². The lowest BCUT2D eigenvalue weighted by Crippen LogP contribution is -2.22. The van der Waals surface area contributed by atoms with Crippen LogP contribution >= 0.6 is 27.7 Å². The average Bonchev–Trinajstić information content (AvgIpc) is 2.78. The Labute approximate surface area is 187 Å². The normalized spacial score (nSPS) is 11.0. The van der Waals surface area contributed by atoms with Crippen LogP contribution in [-0.4, -0.2) is 14.5 Å². The molecule has 2 aromatic heterocycles. The number of benzene rings is 2. The van der Waals surface area contributed by atoms with Gasteiger partial charge in [0.1, 0.15) is 12.4 Å². The first-order chi connectivity index (χ1) is 14.6. The van der Waals surface area contributed by atoms with Gasteiger partial charge in [-0.25, -0.2) is 4.98 Å². The molecule has 5 nitrogen and oxygen atoms in total. The van der Waals surface area contributed by atoms with E-state index in [4.69, 9.17) is 9.72 Å². The monoisotopic (exact) mass is 481 g/mol. The lowest BCUT2D eigenvalue weighted by Gasteiger charge is -2.12. The zero-order valence-corrected chi connectivity index (χ0v) is 18.8. The molecule has 2 aromatic carbocycles. The molecule has 0 unspecified atom stereocenters. The van der Waals surface area contributed by atoms with Gasteiger partial charge in [-0.3, -0.25) is 14.3 Å². The number of nitrogens with zero attached hydrogens (tertiary/aromatic N) is 3. The minimum absolute atomic E-state index is 0.00966. The fraction of sp³-hybridized carbons (Fsp3) is 0.174. The summed E-state index contributed by atoms with van der Waals surface area (Å²) in [6.07, 6.45) is 1.76. The molecule has 0 aliphatic rings. The predicted molar refractivity (Wildman–Crippen MR) is 124 cm³/mol. The van der Waals surface area contributed by atoms with Gasteiger partial charge < -0.3 is 4.74 Å². The van der Waals surface area contributed by atoms with E-state index < -0.39 is 0 Å². The number of ether oxygens (including phenoxy) is 1. The Bertz CT molecular complexity index is 1210. The van der Waals surface area contributed by atoms with Gasteiger partial charge in [0.05, 0.1) is 16.6 Å². The molecule has 152 valence electrons. The molecule has 30 heavy (non-hydrogen) atoms. The fourth-order valence-electron chi connectivity index (χ4n) is 3.03. The van der Waals surface area contributed by atoms with E-state index in [-0.39, 0.29) is 5.56 Å². The SMILES string of the molecule is CCn1c(SCc2ccc(OCc3ccccn3)cc2)nc2ccc(Br)cc2c1=O. The van der Waals surface area contributed by atoms with Gasteiger partial charge >= 0.3 is 0 Å².